The summed E-state index contributed by atoms with van der Waals surface area (Å²) in [4.78, 5) is 18.3. The van der Waals surface area contributed by atoms with Gasteiger partial charge in [0.25, 0.3) is 5.91 Å². The number of carbonyl (C=O) groups excluding carboxylic acids is 1. The van der Waals surface area contributed by atoms with Crippen LogP contribution in [-0.2, 0) is 0 Å². The summed E-state index contributed by atoms with van der Waals surface area (Å²) in [5.41, 5.74) is 3.23. The molecule has 1 N–H and O–H groups in total. The number of piperazine rings is 1. The Kier molecular flexibility index (Phi) is 4.11. The number of hydrogen-bond acceptors (Lipinski definition) is 5. The van der Waals surface area contributed by atoms with E-state index in [-0.39, 0.29) is 5.91 Å². The van der Waals surface area contributed by atoms with Crippen LogP contribution < -0.4 is 10.2 Å². The first-order chi connectivity index (χ1) is 8.69. The fourth-order valence-electron chi connectivity index (χ4n) is 1.77. The largest absolute Gasteiger partial charge is 0.481 e. The van der Waals surface area contributed by atoms with Gasteiger partial charge in [0.15, 0.2) is 0 Å². The van der Waals surface area contributed by atoms with Crippen LogP contribution in [0.4, 0.5) is 0 Å². The number of rotatable bonds is 3. The van der Waals surface area contributed by atoms with Crippen LogP contribution in [0.2, 0.25) is 0 Å². The van der Waals surface area contributed by atoms with Gasteiger partial charge in [0.05, 0.1) is 7.11 Å². The smallest absolute Gasteiger partial charge is 0.284 e. The topological polar surface area (TPSA) is 57.7 Å². The first kappa shape index (κ1) is 12.8. The van der Waals surface area contributed by atoms with Crippen molar-refractivity contribution in [3.63, 3.8) is 0 Å². The zero-order valence-corrected chi connectivity index (χ0v) is 10.7. The zero-order valence-electron chi connectivity index (χ0n) is 10.7. The number of pyridine rings is 1. The second-order valence-corrected chi connectivity index (χ2v) is 4.30. The maximum atomic E-state index is 12.0. The average Bonchev–Trinajstić information content (AvgIpc) is 2.41. The quantitative estimate of drug-likeness (QED) is 0.817. The Morgan fingerprint density at radius 3 is 2.72 bits per heavy atom. The molecule has 1 amide bonds. The van der Waals surface area contributed by atoms with Crippen LogP contribution in [-0.4, -0.2) is 61.1 Å². The molecule has 1 aliphatic rings. The lowest BCUT2D eigenvalue weighted by Gasteiger charge is -2.32. The van der Waals surface area contributed by atoms with Crippen molar-refractivity contribution in [1.29, 1.82) is 0 Å². The first-order valence-corrected chi connectivity index (χ1v) is 5.94. The molecule has 2 rings (SSSR count). The number of carbonyl (C=O) groups is 1. The van der Waals surface area contributed by atoms with Crippen molar-refractivity contribution in [2.24, 2.45) is 0 Å². The number of nitrogens with one attached hydrogen (secondary N) is 1. The van der Waals surface area contributed by atoms with Crippen molar-refractivity contribution in [1.82, 2.24) is 20.3 Å². The Balaban J connectivity index is 1.94. The number of aromatic nitrogens is 1. The molecule has 0 aromatic carbocycles. The molecule has 1 aromatic rings. The van der Waals surface area contributed by atoms with E-state index in [1.165, 1.54) is 7.11 Å². The Bertz CT molecular complexity index is 416. The Hall–Kier alpha value is -1.66. The second kappa shape index (κ2) is 5.79. The molecule has 0 radical (unpaired) electrons. The monoisotopic (exact) mass is 250 g/mol. The fourth-order valence-corrected chi connectivity index (χ4v) is 1.77. The first-order valence-electron chi connectivity index (χ1n) is 5.94. The maximum Gasteiger partial charge on any atom is 0.284 e. The summed E-state index contributed by atoms with van der Waals surface area (Å²) in [7, 11) is 3.60. The molecule has 6 nitrogen and oxygen atoms in total. The van der Waals surface area contributed by atoms with Gasteiger partial charge in [0.1, 0.15) is 5.69 Å². The summed E-state index contributed by atoms with van der Waals surface area (Å²) in [6.45, 7) is 3.55. The molecular formula is C12H18N4O2. The van der Waals surface area contributed by atoms with E-state index in [0.717, 1.165) is 26.2 Å². The van der Waals surface area contributed by atoms with Crippen molar-refractivity contribution >= 4 is 5.91 Å². The third kappa shape index (κ3) is 3.18. The molecule has 0 spiro atoms. The van der Waals surface area contributed by atoms with E-state index in [2.05, 4.69) is 22.4 Å². The lowest BCUT2D eigenvalue weighted by atomic mass is 10.3. The SMILES string of the molecule is COc1cccc(C(=O)NN2CCN(C)CC2)n1. The minimum atomic E-state index is -0.196. The molecule has 2 heterocycles. The van der Waals surface area contributed by atoms with Crippen LogP contribution in [0.15, 0.2) is 18.2 Å². The average molecular weight is 250 g/mol. The fraction of sp³-hybridized carbons (Fsp3) is 0.500. The predicted octanol–water partition coefficient (Wildman–Crippen LogP) is -0.0176. The van der Waals surface area contributed by atoms with Gasteiger partial charge in [-0.05, 0) is 13.1 Å². The van der Waals surface area contributed by atoms with Crippen LogP contribution >= 0.6 is 0 Å². The summed E-state index contributed by atoms with van der Waals surface area (Å²) >= 11 is 0. The van der Waals surface area contributed by atoms with Crippen LogP contribution in [0.5, 0.6) is 5.88 Å². The van der Waals surface area contributed by atoms with E-state index in [1.807, 2.05) is 5.01 Å². The van der Waals surface area contributed by atoms with Gasteiger partial charge in [0.2, 0.25) is 5.88 Å². The lowest BCUT2D eigenvalue weighted by molar-refractivity contribution is 0.0657. The second-order valence-electron chi connectivity index (χ2n) is 4.30. The standard InChI is InChI=1S/C12H18N4O2/c1-15-6-8-16(9-7-15)14-12(17)10-4-3-5-11(13-10)18-2/h3-5H,6-9H2,1-2H3,(H,14,17). The van der Waals surface area contributed by atoms with Gasteiger partial charge < -0.3 is 9.64 Å². The molecule has 6 heteroatoms. The Morgan fingerprint density at radius 2 is 2.06 bits per heavy atom. The summed E-state index contributed by atoms with van der Waals surface area (Å²) in [5.74, 6) is 0.250. The van der Waals surface area contributed by atoms with E-state index >= 15 is 0 Å². The van der Waals surface area contributed by atoms with Crippen LogP contribution in [0.1, 0.15) is 10.5 Å². The van der Waals surface area contributed by atoms with Gasteiger partial charge in [-0.25, -0.2) is 9.99 Å². The molecule has 98 valence electrons. The summed E-state index contributed by atoms with van der Waals surface area (Å²) in [6, 6.07) is 5.14. The molecule has 1 saturated heterocycles. The number of amides is 1. The van der Waals surface area contributed by atoms with Crippen molar-refractivity contribution in [3.8, 4) is 5.88 Å². The predicted molar refractivity (Wildman–Crippen MR) is 67.3 cm³/mol. The highest BCUT2D eigenvalue weighted by molar-refractivity contribution is 5.91. The van der Waals surface area contributed by atoms with Gasteiger partial charge in [-0.3, -0.25) is 10.2 Å². The number of nitrogens with zero attached hydrogens (tertiary/aromatic N) is 3. The molecule has 0 unspecified atom stereocenters. The van der Waals surface area contributed by atoms with E-state index < -0.39 is 0 Å². The molecule has 0 atom stereocenters. The minimum Gasteiger partial charge on any atom is -0.481 e. The molecule has 0 saturated carbocycles. The van der Waals surface area contributed by atoms with Gasteiger partial charge in [-0.15, -0.1) is 0 Å². The minimum absolute atomic E-state index is 0.196. The van der Waals surface area contributed by atoms with E-state index in [4.69, 9.17) is 4.74 Å². The molecule has 0 aliphatic carbocycles. The number of hydrazine groups is 1. The van der Waals surface area contributed by atoms with Gasteiger partial charge >= 0.3 is 0 Å². The molecule has 1 aromatic heterocycles. The number of ether oxygens (including phenoxy) is 1. The van der Waals surface area contributed by atoms with Crippen LogP contribution in [0.25, 0.3) is 0 Å². The van der Waals surface area contributed by atoms with E-state index in [9.17, 15) is 4.79 Å². The normalized spacial score (nSPS) is 17.4. The number of hydrogen-bond donors (Lipinski definition) is 1. The lowest BCUT2D eigenvalue weighted by Crippen LogP contribution is -2.52. The van der Waals surface area contributed by atoms with Crippen molar-refractivity contribution in [2.45, 2.75) is 0 Å². The maximum absolute atomic E-state index is 12.0. The molecule has 1 fully saturated rings. The summed E-state index contributed by atoms with van der Waals surface area (Å²) < 4.78 is 5.00. The van der Waals surface area contributed by atoms with Gasteiger partial charge in [0, 0.05) is 32.2 Å². The zero-order chi connectivity index (χ0) is 13.0. The summed E-state index contributed by atoms with van der Waals surface area (Å²) in [6.07, 6.45) is 0. The molecule has 0 bridgehead atoms. The van der Waals surface area contributed by atoms with Crippen molar-refractivity contribution in [2.75, 3.05) is 40.3 Å². The van der Waals surface area contributed by atoms with Gasteiger partial charge in [-0.1, -0.05) is 6.07 Å². The third-order valence-corrected chi connectivity index (χ3v) is 2.93. The van der Waals surface area contributed by atoms with Crippen LogP contribution in [0.3, 0.4) is 0 Å². The number of likely N-dealkylation sites (N-methyl/N-ethyl adjacent to an activating group) is 1. The Morgan fingerprint density at radius 1 is 1.33 bits per heavy atom. The molecule has 18 heavy (non-hydrogen) atoms. The third-order valence-electron chi connectivity index (χ3n) is 2.93. The highest BCUT2D eigenvalue weighted by Crippen LogP contribution is 2.06. The van der Waals surface area contributed by atoms with E-state index in [0.29, 0.717) is 11.6 Å². The van der Waals surface area contributed by atoms with Crippen LogP contribution in [0, 0.1) is 0 Å². The molecular weight excluding hydrogens is 232 g/mol. The number of methoxy groups -OCH3 is 1. The highest BCUT2D eigenvalue weighted by Gasteiger charge is 2.17. The van der Waals surface area contributed by atoms with Crippen molar-refractivity contribution in [3.05, 3.63) is 23.9 Å². The summed E-state index contributed by atoms with van der Waals surface area (Å²) in [5, 5.41) is 1.92. The highest BCUT2D eigenvalue weighted by atomic mass is 16.5. The van der Waals surface area contributed by atoms with Crippen molar-refractivity contribution < 1.29 is 9.53 Å². The van der Waals surface area contributed by atoms with Gasteiger partial charge in [-0.2, -0.15) is 0 Å². The van der Waals surface area contributed by atoms with E-state index in [1.54, 1.807) is 18.2 Å². The molecule has 1 aliphatic heterocycles. The Labute approximate surface area is 107 Å².